The molecule has 1 aromatic rings. The van der Waals surface area contributed by atoms with Gasteiger partial charge in [-0.2, -0.15) is 5.26 Å². The van der Waals surface area contributed by atoms with Crippen LogP contribution in [-0.2, 0) is 4.79 Å². The number of nitrogens with one attached hydrogen (secondary N) is 1. The number of nitrogens with zero attached hydrogens (tertiary/aromatic N) is 1. The van der Waals surface area contributed by atoms with Crippen molar-refractivity contribution in [1.29, 1.82) is 5.26 Å². The summed E-state index contributed by atoms with van der Waals surface area (Å²) in [6.07, 6.45) is 1.07. The number of nitrogens with two attached hydrogens (primary N) is 1. The van der Waals surface area contributed by atoms with Crippen LogP contribution in [0.15, 0.2) is 18.2 Å². The van der Waals surface area contributed by atoms with Gasteiger partial charge in [-0.05, 0) is 36.5 Å². The van der Waals surface area contributed by atoms with Crippen molar-refractivity contribution >= 4 is 11.6 Å². The Kier molecular flexibility index (Phi) is 5.29. The number of carbonyl (C=O) groups is 1. The Balaban J connectivity index is 2.65. The molecule has 0 aliphatic heterocycles. The van der Waals surface area contributed by atoms with E-state index in [1.807, 2.05) is 13.0 Å². The van der Waals surface area contributed by atoms with Crippen molar-refractivity contribution in [3.63, 3.8) is 0 Å². The summed E-state index contributed by atoms with van der Waals surface area (Å²) in [5.74, 6) is -0.111. The van der Waals surface area contributed by atoms with Crippen LogP contribution in [0.25, 0.3) is 0 Å². The Labute approximate surface area is 121 Å². The molecule has 0 heterocycles. The number of rotatable bonds is 4. The van der Waals surface area contributed by atoms with E-state index < -0.39 is 0 Å². The van der Waals surface area contributed by atoms with Crippen LogP contribution in [-0.4, -0.2) is 11.9 Å². The van der Waals surface area contributed by atoms with Gasteiger partial charge in [-0.1, -0.05) is 26.8 Å². The predicted molar refractivity (Wildman–Crippen MR) is 81.2 cm³/mol. The van der Waals surface area contributed by atoms with Crippen molar-refractivity contribution < 1.29 is 4.79 Å². The Bertz CT molecular complexity index is 524. The molecule has 0 aliphatic carbocycles. The largest absolute Gasteiger partial charge is 0.327 e. The lowest BCUT2D eigenvalue weighted by Crippen LogP contribution is -2.31. The lowest BCUT2D eigenvalue weighted by Gasteiger charge is -2.22. The molecule has 1 amide bonds. The van der Waals surface area contributed by atoms with Gasteiger partial charge in [0, 0.05) is 18.2 Å². The van der Waals surface area contributed by atoms with E-state index in [1.165, 1.54) is 0 Å². The van der Waals surface area contributed by atoms with Gasteiger partial charge in [-0.3, -0.25) is 4.79 Å². The lowest BCUT2D eigenvalue weighted by molar-refractivity contribution is -0.116. The molecule has 1 unspecified atom stereocenters. The highest BCUT2D eigenvalue weighted by molar-refractivity contribution is 5.92. The summed E-state index contributed by atoms with van der Waals surface area (Å²) in [7, 11) is 0. The standard InChI is InChI=1S/C16H23N3O/c1-11-5-6-12(10-17)7-14(11)19-15(20)8-13(18)9-16(2,3)4/h5-7,13H,8-9,18H2,1-4H3,(H,19,20). The molecule has 0 saturated heterocycles. The maximum Gasteiger partial charge on any atom is 0.225 e. The number of hydrogen-bond donors (Lipinski definition) is 2. The highest BCUT2D eigenvalue weighted by Gasteiger charge is 2.18. The number of nitriles is 1. The van der Waals surface area contributed by atoms with Gasteiger partial charge in [-0.25, -0.2) is 0 Å². The molecule has 4 heteroatoms. The third-order valence-electron chi connectivity index (χ3n) is 2.96. The summed E-state index contributed by atoms with van der Waals surface area (Å²) in [6, 6.07) is 7.14. The molecular weight excluding hydrogens is 250 g/mol. The van der Waals surface area contributed by atoms with E-state index in [1.54, 1.807) is 12.1 Å². The molecule has 0 saturated carbocycles. The molecule has 1 rings (SSSR count). The zero-order valence-corrected chi connectivity index (χ0v) is 12.7. The van der Waals surface area contributed by atoms with Crippen LogP contribution in [0.4, 0.5) is 5.69 Å². The Morgan fingerprint density at radius 2 is 2.10 bits per heavy atom. The second kappa shape index (κ2) is 6.53. The fourth-order valence-corrected chi connectivity index (χ4v) is 2.12. The van der Waals surface area contributed by atoms with Crippen LogP contribution in [0.2, 0.25) is 0 Å². The summed E-state index contributed by atoms with van der Waals surface area (Å²) in [4.78, 5) is 12.0. The van der Waals surface area contributed by atoms with E-state index in [0.717, 1.165) is 12.0 Å². The first-order valence-corrected chi connectivity index (χ1v) is 6.77. The molecule has 20 heavy (non-hydrogen) atoms. The van der Waals surface area contributed by atoms with Gasteiger partial charge in [0.25, 0.3) is 0 Å². The number of hydrogen-bond acceptors (Lipinski definition) is 3. The van der Waals surface area contributed by atoms with E-state index in [2.05, 4.69) is 32.2 Å². The fraction of sp³-hybridized carbons (Fsp3) is 0.500. The smallest absolute Gasteiger partial charge is 0.225 e. The second-order valence-corrected chi connectivity index (χ2v) is 6.42. The fourth-order valence-electron chi connectivity index (χ4n) is 2.12. The van der Waals surface area contributed by atoms with E-state index in [4.69, 9.17) is 11.0 Å². The van der Waals surface area contributed by atoms with Crippen molar-refractivity contribution in [2.75, 3.05) is 5.32 Å². The summed E-state index contributed by atoms with van der Waals surface area (Å²) in [5.41, 5.74) is 8.25. The first-order valence-electron chi connectivity index (χ1n) is 6.77. The van der Waals surface area contributed by atoms with Gasteiger partial charge >= 0.3 is 0 Å². The summed E-state index contributed by atoms with van der Waals surface area (Å²) in [6.45, 7) is 8.20. The van der Waals surface area contributed by atoms with Crippen molar-refractivity contribution in [2.45, 2.75) is 46.6 Å². The molecule has 0 radical (unpaired) electrons. The van der Waals surface area contributed by atoms with Gasteiger partial charge in [0.15, 0.2) is 0 Å². The maximum absolute atomic E-state index is 12.0. The summed E-state index contributed by atoms with van der Waals surface area (Å²) >= 11 is 0. The molecule has 3 N–H and O–H groups in total. The minimum absolute atomic E-state index is 0.107. The topological polar surface area (TPSA) is 78.9 Å². The van der Waals surface area contributed by atoms with Crippen molar-refractivity contribution in [1.82, 2.24) is 0 Å². The molecule has 0 fully saturated rings. The zero-order valence-electron chi connectivity index (χ0n) is 12.7. The number of benzene rings is 1. The molecule has 0 aromatic heterocycles. The molecular formula is C16H23N3O. The average Bonchev–Trinajstić information content (AvgIpc) is 2.29. The Hall–Kier alpha value is -1.86. The van der Waals surface area contributed by atoms with Gasteiger partial charge in [0.2, 0.25) is 5.91 Å². The second-order valence-electron chi connectivity index (χ2n) is 6.42. The van der Waals surface area contributed by atoms with Crippen molar-refractivity contribution in [3.05, 3.63) is 29.3 Å². The average molecular weight is 273 g/mol. The molecule has 0 bridgehead atoms. The van der Waals surface area contributed by atoms with Gasteiger partial charge in [0.1, 0.15) is 0 Å². The first-order chi connectivity index (χ1) is 9.21. The summed E-state index contributed by atoms with van der Waals surface area (Å²) < 4.78 is 0. The normalized spacial score (nSPS) is 12.6. The minimum Gasteiger partial charge on any atom is -0.327 e. The van der Waals surface area contributed by atoms with Gasteiger partial charge < -0.3 is 11.1 Å². The van der Waals surface area contributed by atoms with Gasteiger partial charge in [0.05, 0.1) is 11.6 Å². The molecule has 0 spiro atoms. The number of anilines is 1. The van der Waals surface area contributed by atoms with E-state index in [0.29, 0.717) is 11.3 Å². The molecule has 0 aliphatic rings. The van der Waals surface area contributed by atoms with Gasteiger partial charge in [-0.15, -0.1) is 0 Å². The predicted octanol–water partition coefficient (Wildman–Crippen LogP) is 2.96. The van der Waals surface area contributed by atoms with Crippen molar-refractivity contribution in [2.24, 2.45) is 11.1 Å². The number of amides is 1. The highest BCUT2D eigenvalue weighted by atomic mass is 16.1. The zero-order chi connectivity index (χ0) is 15.3. The van der Waals surface area contributed by atoms with E-state index >= 15 is 0 Å². The molecule has 108 valence electrons. The quantitative estimate of drug-likeness (QED) is 0.885. The van der Waals surface area contributed by atoms with Crippen LogP contribution in [0.1, 0.15) is 44.7 Å². The summed E-state index contributed by atoms with van der Waals surface area (Å²) in [5, 5.41) is 11.7. The molecule has 4 nitrogen and oxygen atoms in total. The van der Waals surface area contributed by atoms with Crippen LogP contribution in [0.3, 0.4) is 0 Å². The third-order valence-corrected chi connectivity index (χ3v) is 2.96. The van der Waals surface area contributed by atoms with Crippen LogP contribution >= 0.6 is 0 Å². The van der Waals surface area contributed by atoms with Crippen LogP contribution in [0, 0.1) is 23.7 Å². The third kappa shape index (κ3) is 5.41. The highest BCUT2D eigenvalue weighted by Crippen LogP contribution is 2.22. The SMILES string of the molecule is Cc1ccc(C#N)cc1NC(=O)CC(N)CC(C)(C)C. The maximum atomic E-state index is 12.0. The van der Waals surface area contributed by atoms with E-state index in [-0.39, 0.29) is 23.8 Å². The monoisotopic (exact) mass is 273 g/mol. The Morgan fingerprint density at radius 1 is 1.45 bits per heavy atom. The minimum atomic E-state index is -0.158. The Morgan fingerprint density at radius 3 is 2.65 bits per heavy atom. The van der Waals surface area contributed by atoms with Crippen LogP contribution < -0.4 is 11.1 Å². The number of carbonyl (C=O) groups excluding carboxylic acids is 1. The molecule has 1 atom stereocenters. The van der Waals surface area contributed by atoms with E-state index in [9.17, 15) is 4.79 Å². The molecule has 1 aromatic carbocycles. The number of aryl methyl sites for hydroxylation is 1. The lowest BCUT2D eigenvalue weighted by atomic mass is 9.87. The van der Waals surface area contributed by atoms with Crippen LogP contribution in [0.5, 0.6) is 0 Å². The van der Waals surface area contributed by atoms with Crippen molar-refractivity contribution in [3.8, 4) is 6.07 Å². The first kappa shape index (κ1) is 16.2.